The van der Waals surface area contributed by atoms with E-state index >= 15 is 0 Å². The minimum absolute atomic E-state index is 0.178. The second-order valence-corrected chi connectivity index (χ2v) is 5.15. The summed E-state index contributed by atoms with van der Waals surface area (Å²) in [7, 11) is 0. The molecule has 0 unspecified atom stereocenters. The van der Waals surface area contributed by atoms with Gasteiger partial charge in [-0.25, -0.2) is 14.7 Å². The summed E-state index contributed by atoms with van der Waals surface area (Å²) in [5, 5.41) is 11.7. The Hall–Kier alpha value is -1.79. The molecule has 7 nitrogen and oxygen atoms in total. The number of carbonyl (C=O) groups is 1. The van der Waals surface area contributed by atoms with E-state index in [-0.39, 0.29) is 18.3 Å². The molecule has 18 heavy (non-hydrogen) atoms. The van der Waals surface area contributed by atoms with E-state index in [0.717, 1.165) is 0 Å². The first-order valence-electron chi connectivity index (χ1n) is 6.40. The number of aromatic amines is 2. The molecule has 1 aromatic heterocycles. The van der Waals surface area contributed by atoms with Gasteiger partial charge in [-0.05, 0) is 37.5 Å². The van der Waals surface area contributed by atoms with Crippen molar-refractivity contribution in [1.29, 1.82) is 0 Å². The highest BCUT2D eigenvalue weighted by molar-refractivity contribution is 5.74. The molecule has 2 fully saturated rings. The molecule has 0 radical (unpaired) electrons. The van der Waals surface area contributed by atoms with Crippen LogP contribution in [0.1, 0.15) is 31.5 Å². The predicted octanol–water partition coefficient (Wildman–Crippen LogP) is 0.0858. The molecule has 2 aliphatic rings. The summed E-state index contributed by atoms with van der Waals surface area (Å²) in [6, 6.07) is 0.158. The van der Waals surface area contributed by atoms with Crippen LogP contribution >= 0.6 is 0 Å². The van der Waals surface area contributed by atoms with Gasteiger partial charge >= 0.3 is 11.7 Å². The highest BCUT2D eigenvalue weighted by Crippen LogP contribution is 2.44. The van der Waals surface area contributed by atoms with Crippen LogP contribution in [0.15, 0.2) is 4.79 Å². The van der Waals surface area contributed by atoms with Gasteiger partial charge in [0.1, 0.15) is 5.82 Å². The van der Waals surface area contributed by atoms with Crippen LogP contribution in [-0.2, 0) is 6.54 Å². The number of nitrogens with zero attached hydrogens (tertiary/aromatic N) is 1. The highest BCUT2D eigenvalue weighted by atomic mass is 16.2. The Morgan fingerprint density at radius 3 is 2.50 bits per heavy atom. The summed E-state index contributed by atoms with van der Waals surface area (Å²) in [4.78, 5) is 25.0. The van der Waals surface area contributed by atoms with Crippen molar-refractivity contribution in [2.45, 2.75) is 38.3 Å². The topological polar surface area (TPSA) is 103 Å². The first-order chi connectivity index (χ1) is 8.72. The SMILES string of the molecule is O=C(NCc1n[nH]c(=O)[nH]1)NC(C1CC1)C1CC1. The Bertz CT molecular complexity index is 474. The standard InChI is InChI=1S/C11H17N5O2/c17-10(12-5-8-13-11(18)16-15-8)14-9(6-1-2-6)7-3-4-7/h6-7,9H,1-5H2,(H2,12,14,17)(H2,13,15,16,18). The van der Waals surface area contributed by atoms with Crippen molar-refractivity contribution in [3.63, 3.8) is 0 Å². The molecule has 1 aromatic rings. The summed E-state index contributed by atoms with van der Waals surface area (Å²) in [5.74, 6) is 1.78. The third-order valence-electron chi connectivity index (χ3n) is 3.52. The molecule has 0 aliphatic heterocycles. The molecular formula is C11H17N5O2. The number of hydrogen-bond donors (Lipinski definition) is 4. The second-order valence-electron chi connectivity index (χ2n) is 5.15. The Morgan fingerprint density at radius 2 is 2.00 bits per heavy atom. The maximum atomic E-state index is 11.7. The van der Waals surface area contributed by atoms with Gasteiger partial charge in [0.05, 0.1) is 6.54 Å². The van der Waals surface area contributed by atoms with E-state index in [9.17, 15) is 9.59 Å². The molecule has 0 bridgehead atoms. The molecule has 2 aliphatic carbocycles. The first-order valence-corrected chi connectivity index (χ1v) is 6.40. The second kappa shape index (κ2) is 4.47. The predicted molar refractivity (Wildman–Crippen MR) is 63.8 cm³/mol. The van der Waals surface area contributed by atoms with Crippen LogP contribution in [0.2, 0.25) is 0 Å². The fourth-order valence-electron chi connectivity index (χ4n) is 2.29. The van der Waals surface area contributed by atoms with Crippen LogP contribution in [0.25, 0.3) is 0 Å². The molecule has 4 N–H and O–H groups in total. The Labute approximate surface area is 104 Å². The third kappa shape index (κ3) is 2.72. The van der Waals surface area contributed by atoms with Gasteiger partial charge in [0, 0.05) is 6.04 Å². The summed E-state index contributed by atoms with van der Waals surface area (Å²) in [5.41, 5.74) is -0.360. The van der Waals surface area contributed by atoms with Crippen LogP contribution in [-0.4, -0.2) is 27.3 Å². The summed E-state index contributed by atoms with van der Waals surface area (Å²) >= 11 is 0. The van der Waals surface area contributed by atoms with Gasteiger partial charge in [-0.2, -0.15) is 5.10 Å². The Kier molecular flexibility index (Phi) is 2.81. The molecule has 0 atom stereocenters. The van der Waals surface area contributed by atoms with Gasteiger partial charge < -0.3 is 10.6 Å². The van der Waals surface area contributed by atoms with E-state index < -0.39 is 0 Å². The van der Waals surface area contributed by atoms with Crippen molar-refractivity contribution < 1.29 is 4.79 Å². The number of carbonyl (C=O) groups excluding carboxylic acids is 1. The fraction of sp³-hybridized carbons (Fsp3) is 0.727. The molecule has 0 aromatic carbocycles. The zero-order chi connectivity index (χ0) is 12.5. The van der Waals surface area contributed by atoms with E-state index in [2.05, 4.69) is 25.8 Å². The van der Waals surface area contributed by atoms with Gasteiger partial charge in [-0.15, -0.1) is 0 Å². The average Bonchev–Trinajstić information content (AvgIpc) is 3.23. The number of aromatic nitrogens is 3. The number of hydrogen-bond acceptors (Lipinski definition) is 3. The van der Waals surface area contributed by atoms with Crippen molar-refractivity contribution in [3.05, 3.63) is 16.3 Å². The van der Waals surface area contributed by atoms with Gasteiger partial charge in [-0.3, -0.25) is 4.98 Å². The monoisotopic (exact) mass is 251 g/mol. The fourth-order valence-corrected chi connectivity index (χ4v) is 2.29. The Balaban J connectivity index is 1.47. The van der Waals surface area contributed by atoms with Gasteiger partial charge in [0.15, 0.2) is 0 Å². The molecular weight excluding hydrogens is 234 g/mol. The minimum Gasteiger partial charge on any atom is -0.335 e. The lowest BCUT2D eigenvalue weighted by Gasteiger charge is -2.17. The van der Waals surface area contributed by atoms with Crippen molar-refractivity contribution in [2.24, 2.45) is 11.8 Å². The largest absolute Gasteiger partial charge is 0.340 e. The van der Waals surface area contributed by atoms with Crippen LogP contribution in [0.3, 0.4) is 0 Å². The minimum atomic E-state index is -0.360. The number of rotatable bonds is 5. The molecule has 2 saturated carbocycles. The highest BCUT2D eigenvalue weighted by Gasteiger charge is 2.42. The lowest BCUT2D eigenvalue weighted by atomic mass is 10.1. The third-order valence-corrected chi connectivity index (χ3v) is 3.52. The van der Waals surface area contributed by atoms with Crippen LogP contribution in [0.5, 0.6) is 0 Å². The van der Waals surface area contributed by atoms with Crippen LogP contribution in [0.4, 0.5) is 4.79 Å². The van der Waals surface area contributed by atoms with Crippen molar-refractivity contribution in [2.75, 3.05) is 0 Å². The van der Waals surface area contributed by atoms with E-state index in [1.54, 1.807) is 0 Å². The quantitative estimate of drug-likeness (QED) is 0.596. The van der Waals surface area contributed by atoms with E-state index in [1.807, 2.05) is 0 Å². The number of H-pyrrole nitrogens is 2. The average molecular weight is 251 g/mol. The molecule has 3 rings (SSSR count). The zero-order valence-corrected chi connectivity index (χ0v) is 10.0. The van der Waals surface area contributed by atoms with Gasteiger partial charge in [0.25, 0.3) is 0 Å². The van der Waals surface area contributed by atoms with Gasteiger partial charge in [0.2, 0.25) is 0 Å². The first kappa shape index (κ1) is 11.3. The summed E-state index contributed by atoms with van der Waals surface area (Å²) < 4.78 is 0. The molecule has 0 spiro atoms. The maximum absolute atomic E-state index is 11.7. The van der Waals surface area contributed by atoms with E-state index in [1.165, 1.54) is 25.7 Å². The summed E-state index contributed by atoms with van der Waals surface area (Å²) in [6.07, 6.45) is 4.92. The molecule has 98 valence electrons. The molecule has 2 amide bonds. The number of amides is 2. The summed E-state index contributed by atoms with van der Waals surface area (Å²) in [6.45, 7) is 0.229. The van der Waals surface area contributed by atoms with Crippen LogP contribution in [0, 0.1) is 11.8 Å². The zero-order valence-electron chi connectivity index (χ0n) is 10.0. The lowest BCUT2D eigenvalue weighted by molar-refractivity contribution is 0.232. The number of nitrogens with one attached hydrogen (secondary N) is 4. The molecule has 0 saturated heterocycles. The number of urea groups is 1. The molecule has 7 heteroatoms. The smallest absolute Gasteiger partial charge is 0.335 e. The van der Waals surface area contributed by atoms with Crippen molar-refractivity contribution in [1.82, 2.24) is 25.8 Å². The lowest BCUT2D eigenvalue weighted by Crippen LogP contribution is -2.44. The van der Waals surface area contributed by atoms with E-state index in [4.69, 9.17) is 0 Å². The van der Waals surface area contributed by atoms with Crippen LogP contribution < -0.4 is 16.3 Å². The van der Waals surface area contributed by atoms with Crippen molar-refractivity contribution in [3.8, 4) is 0 Å². The molecule has 1 heterocycles. The maximum Gasteiger partial charge on any atom is 0.340 e. The van der Waals surface area contributed by atoms with E-state index in [0.29, 0.717) is 23.7 Å². The Morgan fingerprint density at radius 1 is 1.33 bits per heavy atom. The normalized spacial score (nSPS) is 18.9. The van der Waals surface area contributed by atoms with Gasteiger partial charge in [-0.1, -0.05) is 0 Å². The van der Waals surface area contributed by atoms with Crippen molar-refractivity contribution >= 4 is 6.03 Å².